The molecule has 0 spiro atoms. The number of rotatable bonds is 2. The Balaban J connectivity index is 2.14. The maximum absolute atomic E-state index is 13.4. The van der Waals surface area contributed by atoms with E-state index in [0.717, 1.165) is 16.5 Å². The van der Waals surface area contributed by atoms with Crippen molar-refractivity contribution in [3.8, 4) is 0 Å². The molecule has 0 aliphatic rings. The Hall–Kier alpha value is -1.78. The van der Waals surface area contributed by atoms with E-state index in [2.05, 4.69) is 20.9 Å². The van der Waals surface area contributed by atoms with Gasteiger partial charge in [-0.1, -0.05) is 24.3 Å². The van der Waals surface area contributed by atoms with E-state index < -0.39 is 6.10 Å². The van der Waals surface area contributed by atoms with Crippen LogP contribution in [-0.2, 0) is 0 Å². The van der Waals surface area contributed by atoms with Crippen LogP contribution in [0.2, 0.25) is 0 Å². The van der Waals surface area contributed by atoms with E-state index in [1.807, 2.05) is 37.3 Å². The van der Waals surface area contributed by atoms with E-state index >= 15 is 0 Å². The number of pyridine rings is 1. The van der Waals surface area contributed by atoms with Crippen LogP contribution in [0.5, 0.6) is 0 Å². The fraction of sp³-hybridized carbons (Fsp3) is 0.118. The van der Waals surface area contributed by atoms with Gasteiger partial charge in [0, 0.05) is 9.86 Å². The lowest BCUT2D eigenvalue weighted by atomic mass is 10.00. The lowest BCUT2D eigenvalue weighted by Crippen LogP contribution is -2.06. The van der Waals surface area contributed by atoms with E-state index in [1.54, 1.807) is 6.07 Å². The first-order valence-corrected chi connectivity index (χ1v) is 7.35. The van der Waals surface area contributed by atoms with Crippen molar-refractivity contribution in [3.63, 3.8) is 0 Å². The summed E-state index contributed by atoms with van der Waals surface area (Å²) in [4.78, 5) is 4.50. The zero-order chi connectivity index (χ0) is 15.0. The molecule has 3 rings (SSSR count). The molecule has 1 atom stereocenters. The molecule has 0 amide bonds. The van der Waals surface area contributed by atoms with E-state index in [9.17, 15) is 9.50 Å². The molecular weight excluding hydrogens is 333 g/mol. The first kappa shape index (κ1) is 14.2. The lowest BCUT2D eigenvalue weighted by Gasteiger charge is -2.15. The number of hydrogen-bond acceptors (Lipinski definition) is 2. The van der Waals surface area contributed by atoms with Crippen molar-refractivity contribution in [1.29, 1.82) is 0 Å². The van der Waals surface area contributed by atoms with Gasteiger partial charge in [-0.3, -0.25) is 0 Å². The molecule has 0 aliphatic carbocycles. The maximum Gasteiger partial charge on any atom is 0.123 e. The number of fused-ring (bicyclic) bond motifs is 1. The molecule has 0 fully saturated rings. The molecule has 0 saturated heterocycles. The minimum absolute atomic E-state index is 0.369. The van der Waals surface area contributed by atoms with Gasteiger partial charge in [0.1, 0.15) is 11.9 Å². The van der Waals surface area contributed by atoms with Gasteiger partial charge in [-0.05, 0) is 58.2 Å². The van der Waals surface area contributed by atoms with Crippen LogP contribution in [0.1, 0.15) is 22.9 Å². The van der Waals surface area contributed by atoms with Gasteiger partial charge in [0.05, 0.1) is 11.2 Å². The van der Waals surface area contributed by atoms with Crippen LogP contribution >= 0.6 is 15.9 Å². The fourth-order valence-corrected chi connectivity index (χ4v) is 2.90. The molecular formula is C17H13BrFNO. The summed E-state index contributed by atoms with van der Waals surface area (Å²) in [5.74, 6) is -0.369. The molecule has 3 aromatic rings. The number of hydrogen-bond donors (Lipinski definition) is 1. The lowest BCUT2D eigenvalue weighted by molar-refractivity contribution is 0.213. The predicted octanol–water partition coefficient (Wildman–Crippen LogP) is 4.53. The predicted molar refractivity (Wildman–Crippen MR) is 84.6 cm³/mol. The Kier molecular flexibility index (Phi) is 3.74. The summed E-state index contributed by atoms with van der Waals surface area (Å²) in [5, 5.41) is 11.6. The van der Waals surface area contributed by atoms with Crippen molar-refractivity contribution in [1.82, 2.24) is 4.98 Å². The molecule has 0 bridgehead atoms. The smallest absolute Gasteiger partial charge is 0.123 e. The third-order valence-corrected chi connectivity index (χ3v) is 4.13. The van der Waals surface area contributed by atoms with E-state index in [-0.39, 0.29) is 5.82 Å². The number of aryl methyl sites for hydroxylation is 1. The molecule has 4 heteroatoms. The van der Waals surface area contributed by atoms with Crippen molar-refractivity contribution in [2.24, 2.45) is 0 Å². The number of aliphatic hydroxyl groups is 1. The van der Waals surface area contributed by atoms with Crippen LogP contribution in [0, 0.1) is 12.7 Å². The van der Waals surface area contributed by atoms with Gasteiger partial charge >= 0.3 is 0 Å². The van der Waals surface area contributed by atoms with E-state index in [1.165, 1.54) is 12.1 Å². The monoisotopic (exact) mass is 345 g/mol. The molecule has 0 aliphatic heterocycles. The summed E-state index contributed by atoms with van der Waals surface area (Å²) in [7, 11) is 0. The molecule has 21 heavy (non-hydrogen) atoms. The summed E-state index contributed by atoms with van der Waals surface area (Å²) in [6.45, 7) is 1.84. The largest absolute Gasteiger partial charge is 0.382 e. The topological polar surface area (TPSA) is 33.1 Å². The Morgan fingerprint density at radius 3 is 2.71 bits per heavy atom. The first-order chi connectivity index (χ1) is 10.1. The first-order valence-electron chi connectivity index (χ1n) is 6.55. The number of aromatic nitrogens is 1. The molecule has 1 aromatic heterocycles. The van der Waals surface area contributed by atoms with Crippen LogP contribution in [0.25, 0.3) is 10.9 Å². The van der Waals surface area contributed by atoms with Crippen LogP contribution in [-0.4, -0.2) is 10.1 Å². The second kappa shape index (κ2) is 5.54. The van der Waals surface area contributed by atoms with Crippen molar-refractivity contribution in [2.75, 3.05) is 0 Å². The van der Waals surface area contributed by atoms with Gasteiger partial charge < -0.3 is 5.11 Å². The summed E-state index contributed by atoms with van der Waals surface area (Å²) in [6, 6.07) is 14.0. The highest BCUT2D eigenvalue weighted by Gasteiger charge is 2.18. The van der Waals surface area contributed by atoms with E-state index in [4.69, 9.17) is 0 Å². The third-order valence-electron chi connectivity index (χ3n) is 3.50. The average molecular weight is 346 g/mol. The zero-order valence-electron chi connectivity index (χ0n) is 11.3. The summed E-state index contributed by atoms with van der Waals surface area (Å²) in [5.41, 5.74) is 2.63. The fourth-order valence-electron chi connectivity index (χ4n) is 2.35. The molecule has 106 valence electrons. The normalized spacial score (nSPS) is 12.6. The summed E-state index contributed by atoms with van der Waals surface area (Å²) in [6.07, 6.45) is -0.973. The second-order valence-electron chi connectivity index (χ2n) is 4.95. The van der Waals surface area contributed by atoms with Gasteiger partial charge in [-0.2, -0.15) is 0 Å². The quantitative estimate of drug-likeness (QED) is 0.740. The molecule has 1 heterocycles. The average Bonchev–Trinajstić information content (AvgIpc) is 2.48. The van der Waals surface area contributed by atoms with Gasteiger partial charge in [-0.25, -0.2) is 9.37 Å². The molecule has 0 radical (unpaired) electrons. The van der Waals surface area contributed by atoms with Crippen molar-refractivity contribution < 1.29 is 9.50 Å². The second-order valence-corrected chi connectivity index (χ2v) is 5.81. The maximum atomic E-state index is 13.4. The molecule has 0 saturated carbocycles. The summed E-state index contributed by atoms with van der Waals surface area (Å²) >= 11 is 3.44. The van der Waals surface area contributed by atoms with Gasteiger partial charge in [0.15, 0.2) is 0 Å². The molecule has 1 unspecified atom stereocenters. The number of benzene rings is 2. The standard InChI is InChI=1S/C17H13BrFNO/c1-10-6-7-12(19)9-13(10)17(21)16-14(18)8-11-4-2-3-5-15(11)20-16/h2-9,17,21H,1H3. The molecule has 2 aromatic carbocycles. The van der Waals surface area contributed by atoms with Crippen LogP contribution < -0.4 is 0 Å². The molecule has 1 N–H and O–H groups in total. The van der Waals surface area contributed by atoms with Crippen LogP contribution in [0.3, 0.4) is 0 Å². The van der Waals surface area contributed by atoms with Crippen LogP contribution in [0.4, 0.5) is 4.39 Å². The Morgan fingerprint density at radius 1 is 1.14 bits per heavy atom. The molecule has 2 nitrogen and oxygen atoms in total. The number of nitrogens with zero attached hydrogens (tertiary/aromatic N) is 1. The minimum Gasteiger partial charge on any atom is -0.382 e. The SMILES string of the molecule is Cc1ccc(F)cc1C(O)c1nc2ccccc2cc1Br. The third kappa shape index (κ3) is 2.69. The minimum atomic E-state index is -0.973. The highest BCUT2D eigenvalue weighted by atomic mass is 79.9. The van der Waals surface area contributed by atoms with Gasteiger partial charge in [0.25, 0.3) is 0 Å². The van der Waals surface area contributed by atoms with Crippen LogP contribution in [0.15, 0.2) is 53.0 Å². The summed E-state index contributed by atoms with van der Waals surface area (Å²) < 4.78 is 14.1. The highest BCUT2D eigenvalue weighted by Crippen LogP contribution is 2.31. The van der Waals surface area contributed by atoms with E-state index in [0.29, 0.717) is 15.7 Å². The Bertz CT molecular complexity index is 819. The highest BCUT2D eigenvalue weighted by molar-refractivity contribution is 9.10. The number of para-hydroxylation sites is 1. The van der Waals surface area contributed by atoms with Crippen molar-refractivity contribution in [2.45, 2.75) is 13.0 Å². The van der Waals surface area contributed by atoms with Gasteiger partial charge in [-0.15, -0.1) is 0 Å². The number of halogens is 2. The van der Waals surface area contributed by atoms with Crippen molar-refractivity contribution in [3.05, 3.63) is 75.6 Å². The zero-order valence-corrected chi connectivity index (χ0v) is 12.9. The number of aliphatic hydroxyl groups excluding tert-OH is 1. The van der Waals surface area contributed by atoms with Crippen molar-refractivity contribution >= 4 is 26.8 Å². The van der Waals surface area contributed by atoms with Gasteiger partial charge in [0.2, 0.25) is 0 Å². The Labute approximate surface area is 130 Å². The Morgan fingerprint density at radius 2 is 1.90 bits per heavy atom.